The summed E-state index contributed by atoms with van der Waals surface area (Å²) in [6.45, 7) is 20.1. The molecule has 4 fully saturated rings. The van der Waals surface area contributed by atoms with Crippen molar-refractivity contribution in [1.82, 2.24) is 30.2 Å². The number of hydrogen-bond acceptors (Lipinski definition) is 10. The Labute approximate surface area is 331 Å². The van der Waals surface area contributed by atoms with E-state index in [1.54, 1.807) is 0 Å². The molecular formula is C44H56N8O4. The number of benzene rings is 2. The van der Waals surface area contributed by atoms with Gasteiger partial charge in [0.1, 0.15) is 0 Å². The zero-order valence-corrected chi connectivity index (χ0v) is 33.8. The number of rotatable bonds is 8. The van der Waals surface area contributed by atoms with Gasteiger partial charge in [-0.2, -0.15) is 10.2 Å². The summed E-state index contributed by atoms with van der Waals surface area (Å²) in [7, 11) is 0. The van der Waals surface area contributed by atoms with Crippen LogP contribution in [0.25, 0.3) is 0 Å². The van der Waals surface area contributed by atoms with Crippen LogP contribution < -0.4 is 9.80 Å². The van der Waals surface area contributed by atoms with Gasteiger partial charge in [0.15, 0.2) is 11.6 Å². The third-order valence-electron chi connectivity index (χ3n) is 11.8. The summed E-state index contributed by atoms with van der Waals surface area (Å²) in [4.78, 5) is 34.0. The molecule has 0 spiro atoms. The summed E-state index contributed by atoms with van der Waals surface area (Å²) in [5.41, 5.74) is 6.80. The zero-order valence-electron chi connectivity index (χ0n) is 33.8. The van der Waals surface area contributed by atoms with Gasteiger partial charge >= 0.3 is 0 Å². The zero-order chi connectivity index (χ0) is 39.5. The van der Waals surface area contributed by atoms with Gasteiger partial charge in [0, 0.05) is 62.2 Å². The average Bonchev–Trinajstić information content (AvgIpc) is 3.17. The van der Waals surface area contributed by atoms with Crippen molar-refractivity contribution in [3.05, 3.63) is 106 Å². The summed E-state index contributed by atoms with van der Waals surface area (Å²) < 4.78 is 10.7. The van der Waals surface area contributed by atoms with Crippen LogP contribution in [0, 0.1) is 13.8 Å². The smallest absolute Gasteiger partial charge is 0.227 e. The van der Waals surface area contributed by atoms with Crippen molar-refractivity contribution in [2.24, 2.45) is 0 Å². The summed E-state index contributed by atoms with van der Waals surface area (Å²) in [6.07, 6.45) is 0.898. The first-order chi connectivity index (χ1) is 26.9. The Bertz CT molecular complexity index is 1800. The van der Waals surface area contributed by atoms with Gasteiger partial charge in [-0.3, -0.25) is 9.59 Å². The number of aromatic nitrogens is 4. The Morgan fingerprint density at radius 3 is 1.23 bits per heavy atom. The second kappa shape index (κ2) is 16.7. The van der Waals surface area contributed by atoms with Gasteiger partial charge < -0.3 is 29.1 Å². The summed E-state index contributed by atoms with van der Waals surface area (Å²) in [5.74, 6) is 2.14. The lowest BCUT2D eigenvalue weighted by Gasteiger charge is -2.40. The maximum Gasteiger partial charge on any atom is 0.227 e. The lowest BCUT2D eigenvalue weighted by molar-refractivity contribution is -0.132. The van der Waals surface area contributed by atoms with Crippen molar-refractivity contribution < 1.29 is 19.1 Å². The van der Waals surface area contributed by atoms with E-state index in [1.807, 2.05) is 47.9 Å². The fraction of sp³-hybridized carbons (Fsp3) is 0.500. The molecule has 56 heavy (non-hydrogen) atoms. The molecule has 12 heteroatoms. The van der Waals surface area contributed by atoms with Gasteiger partial charge in [0.25, 0.3) is 0 Å². The first kappa shape index (κ1) is 39.3. The molecule has 4 aromatic rings. The predicted octanol–water partition coefficient (Wildman–Crippen LogP) is 4.71. The van der Waals surface area contributed by atoms with Gasteiger partial charge in [0.05, 0.1) is 50.7 Å². The molecule has 6 heterocycles. The molecule has 2 aromatic carbocycles. The number of amides is 2. The number of nitrogens with zero attached hydrogens (tertiary/aromatic N) is 8. The Kier molecular flexibility index (Phi) is 11.7. The van der Waals surface area contributed by atoms with E-state index in [0.717, 1.165) is 73.7 Å². The molecule has 12 nitrogen and oxygen atoms in total. The number of hydrogen-bond donors (Lipinski definition) is 0. The Hall–Kier alpha value is -4.94. The minimum atomic E-state index is 0.132. The van der Waals surface area contributed by atoms with Crippen LogP contribution in [0.4, 0.5) is 11.6 Å². The van der Waals surface area contributed by atoms with E-state index in [4.69, 9.17) is 9.47 Å². The molecule has 0 N–H and O–H groups in total. The minimum Gasteiger partial charge on any atom is -0.379 e. The standard InChI is InChI=1S/2C22H28N4O2/c2*1-16-4-9-20(24-23-16)26-11-10-25(13-17(26)2)21(27)12-18-5-7-19(8-6-18)22(3)14-28-15-22/h2*4-9,17H,10-15H2,1-3H3/t2*17-/m10/s1. The van der Waals surface area contributed by atoms with Crippen LogP contribution in [0.3, 0.4) is 0 Å². The second-order valence-corrected chi connectivity index (χ2v) is 16.7. The van der Waals surface area contributed by atoms with Crippen molar-refractivity contribution in [2.45, 2.75) is 77.3 Å². The van der Waals surface area contributed by atoms with E-state index in [1.165, 1.54) is 11.1 Å². The third-order valence-corrected chi connectivity index (χ3v) is 11.8. The lowest BCUT2D eigenvalue weighted by Crippen LogP contribution is -2.54. The van der Waals surface area contributed by atoms with Crippen molar-refractivity contribution in [3.63, 3.8) is 0 Å². The molecule has 4 saturated heterocycles. The van der Waals surface area contributed by atoms with E-state index in [-0.39, 0.29) is 34.7 Å². The lowest BCUT2D eigenvalue weighted by atomic mass is 9.80. The number of anilines is 2. The van der Waals surface area contributed by atoms with Crippen molar-refractivity contribution in [3.8, 4) is 0 Å². The van der Waals surface area contributed by atoms with E-state index in [9.17, 15) is 9.59 Å². The monoisotopic (exact) mass is 760 g/mol. The Morgan fingerprint density at radius 1 is 0.571 bits per heavy atom. The van der Waals surface area contributed by atoms with Crippen LogP contribution in [0.15, 0.2) is 72.8 Å². The average molecular weight is 761 g/mol. The summed E-state index contributed by atoms with van der Waals surface area (Å²) in [6, 6.07) is 25.3. The predicted molar refractivity (Wildman–Crippen MR) is 217 cm³/mol. The van der Waals surface area contributed by atoms with Gasteiger partial charge in [-0.1, -0.05) is 62.4 Å². The van der Waals surface area contributed by atoms with E-state index in [2.05, 4.69) is 106 Å². The molecule has 0 unspecified atom stereocenters. The Morgan fingerprint density at radius 2 is 0.946 bits per heavy atom. The molecule has 8 rings (SSSR count). The highest BCUT2D eigenvalue weighted by Crippen LogP contribution is 2.33. The van der Waals surface area contributed by atoms with Crippen molar-refractivity contribution in [1.29, 1.82) is 0 Å². The number of aryl methyl sites for hydroxylation is 2. The molecular weight excluding hydrogens is 705 g/mol. The van der Waals surface area contributed by atoms with Crippen LogP contribution >= 0.6 is 0 Å². The molecule has 0 radical (unpaired) electrons. The van der Waals surface area contributed by atoms with Crippen LogP contribution in [-0.2, 0) is 42.7 Å². The van der Waals surface area contributed by atoms with E-state index >= 15 is 0 Å². The highest BCUT2D eigenvalue weighted by Gasteiger charge is 2.36. The molecule has 0 bridgehead atoms. The summed E-state index contributed by atoms with van der Waals surface area (Å²) >= 11 is 0. The first-order valence-electron chi connectivity index (χ1n) is 19.9. The number of piperazine rings is 2. The van der Waals surface area contributed by atoms with Crippen molar-refractivity contribution in [2.75, 3.05) is 75.5 Å². The number of ether oxygens (including phenoxy) is 2. The molecule has 2 amide bonds. The summed E-state index contributed by atoms with van der Waals surface area (Å²) in [5, 5.41) is 16.9. The van der Waals surface area contributed by atoms with Crippen molar-refractivity contribution >= 4 is 23.5 Å². The maximum absolute atomic E-state index is 12.8. The topological polar surface area (TPSA) is 117 Å². The van der Waals surface area contributed by atoms with Crippen LogP contribution in [-0.4, -0.2) is 120 Å². The highest BCUT2D eigenvalue weighted by atomic mass is 16.5. The van der Waals surface area contributed by atoms with Gasteiger partial charge in [0.2, 0.25) is 11.8 Å². The highest BCUT2D eigenvalue weighted by molar-refractivity contribution is 5.80. The second-order valence-electron chi connectivity index (χ2n) is 16.7. The molecule has 2 aromatic heterocycles. The molecule has 4 aliphatic heterocycles. The normalized spacial score (nSPS) is 21.3. The minimum absolute atomic E-state index is 0.132. The molecule has 0 aliphatic carbocycles. The fourth-order valence-electron chi connectivity index (χ4n) is 7.91. The maximum atomic E-state index is 12.8. The number of carbonyl (C=O) groups is 2. The molecule has 2 atom stereocenters. The molecule has 296 valence electrons. The van der Waals surface area contributed by atoms with Crippen LogP contribution in [0.5, 0.6) is 0 Å². The van der Waals surface area contributed by atoms with Gasteiger partial charge in [-0.05, 0) is 74.2 Å². The quantitative estimate of drug-likeness (QED) is 0.250. The number of carbonyl (C=O) groups excluding carboxylic acids is 2. The Balaban J connectivity index is 0.000000172. The SMILES string of the molecule is Cc1ccc(N2CCN(C(=O)Cc3ccc(C4(C)COC4)cc3)C[C@@H]2C)nn1.Cc1ccc(N2CCN(C(=O)Cc3ccc(C4(C)COC4)cc3)C[C@H]2C)nn1. The third kappa shape index (κ3) is 8.86. The largest absolute Gasteiger partial charge is 0.379 e. The molecule has 0 saturated carbocycles. The molecule has 4 aliphatic rings. The van der Waals surface area contributed by atoms with Gasteiger partial charge in [-0.25, -0.2) is 0 Å². The first-order valence-corrected chi connectivity index (χ1v) is 19.9. The van der Waals surface area contributed by atoms with E-state index < -0.39 is 0 Å². The van der Waals surface area contributed by atoms with E-state index in [0.29, 0.717) is 39.0 Å². The van der Waals surface area contributed by atoms with Crippen LogP contribution in [0.1, 0.15) is 61.3 Å². The fourth-order valence-corrected chi connectivity index (χ4v) is 7.91. The van der Waals surface area contributed by atoms with Crippen LogP contribution in [0.2, 0.25) is 0 Å². The van der Waals surface area contributed by atoms with Gasteiger partial charge in [-0.15, -0.1) is 10.2 Å².